The van der Waals surface area contributed by atoms with Gasteiger partial charge < -0.3 is 14.4 Å². The molecule has 0 atom stereocenters. The number of rotatable bonds is 4. The minimum absolute atomic E-state index is 0.399. The Morgan fingerprint density at radius 3 is 2.25 bits per heavy atom. The van der Waals surface area contributed by atoms with Crippen LogP contribution in [0.3, 0.4) is 0 Å². The van der Waals surface area contributed by atoms with Crippen molar-refractivity contribution in [3.63, 3.8) is 0 Å². The summed E-state index contributed by atoms with van der Waals surface area (Å²) in [6.07, 6.45) is 4.06. The molecule has 0 fully saturated rings. The molecule has 0 radical (unpaired) electrons. The second-order valence-electron chi connectivity index (χ2n) is 5.19. The minimum Gasteiger partial charge on any atom is -0.497 e. The van der Waals surface area contributed by atoms with Crippen molar-refractivity contribution < 1.29 is 9.47 Å². The Labute approximate surface area is 164 Å². The van der Waals surface area contributed by atoms with Crippen LogP contribution in [0.4, 0.5) is 0 Å². The molecule has 2 aromatic rings. The highest BCUT2D eigenvalue weighted by Crippen LogP contribution is 2.35. The molecule has 0 unspecified atom stereocenters. The summed E-state index contributed by atoms with van der Waals surface area (Å²) in [7, 11) is 5.35. The molecule has 0 saturated heterocycles. The molecule has 0 spiro atoms. The molecule has 0 saturated carbocycles. The van der Waals surface area contributed by atoms with Gasteiger partial charge in [0.2, 0.25) is 0 Å². The Morgan fingerprint density at radius 1 is 1.04 bits per heavy atom. The lowest BCUT2D eigenvalue weighted by atomic mass is 10.1. The van der Waals surface area contributed by atoms with Crippen LogP contribution in [-0.2, 0) is 0 Å². The van der Waals surface area contributed by atoms with E-state index in [-0.39, 0.29) is 0 Å². The van der Waals surface area contributed by atoms with Crippen molar-refractivity contribution in [3.8, 4) is 11.5 Å². The van der Waals surface area contributed by atoms with Gasteiger partial charge in [-0.3, -0.25) is 0 Å². The average molecular weight is 471 g/mol. The maximum absolute atomic E-state index is 5.71. The first kappa shape index (κ1) is 19.0. The Morgan fingerprint density at radius 2 is 1.67 bits per heavy atom. The molecule has 6 heteroatoms. The van der Waals surface area contributed by atoms with Gasteiger partial charge in [0.25, 0.3) is 5.17 Å². The summed E-state index contributed by atoms with van der Waals surface area (Å²) >= 11 is 12.3. The Bertz CT molecular complexity index is 752. The third-order valence-electron chi connectivity index (χ3n) is 3.14. The van der Waals surface area contributed by atoms with E-state index in [0.29, 0.717) is 10.9 Å². The number of halogens is 2. The number of benzene rings is 2. The fourth-order valence-electron chi connectivity index (χ4n) is 1.89. The molecule has 0 amide bonds. The quantitative estimate of drug-likeness (QED) is 0.427. The van der Waals surface area contributed by atoms with Crippen LogP contribution < -0.4 is 9.47 Å². The van der Waals surface area contributed by atoms with E-state index in [2.05, 4.69) is 31.9 Å². The molecule has 0 heterocycles. The topological polar surface area (TPSA) is 21.7 Å². The third kappa shape index (κ3) is 5.06. The second-order valence-corrected chi connectivity index (χ2v) is 7.24. The summed E-state index contributed by atoms with van der Waals surface area (Å²) in [5, 5.41) is 0.399. The third-order valence-corrected chi connectivity index (χ3v) is 4.76. The van der Waals surface area contributed by atoms with Crippen LogP contribution in [0.25, 0.3) is 12.2 Å². The Hall–Kier alpha value is -1.37. The highest BCUT2D eigenvalue weighted by molar-refractivity contribution is 9.11. The minimum atomic E-state index is 0.399. The van der Waals surface area contributed by atoms with Gasteiger partial charge in [-0.2, -0.15) is 0 Å². The van der Waals surface area contributed by atoms with Crippen LogP contribution in [0, 0.1) is 0 Å². The zero-order valence-electron chi connectivity index (χ0n) is 13.5. The Balaban J connectivity index is 2.23. The fraction of sp³-hybridized carbons (Fsp3) is 0.167. The van der Waals surface area contributed by atoms with E-state index in [4.69, 9.17) is 21.7 Å². The van der Waals surface area contributed by atoms with Gasteiger partial charge in [0.15, 0.2) is 5.75 Å². The summed E-state index contributed by atoms with van der Waals surface area (Å²) in [5.41, 5.74) is 2.09. The van der Waals surface area contributed by atoms with Gasteiger partial charge in [-0.15, -0.1) is 0 Å². The molecule has 126 valence electrons. The average Bonchev–Trinajstić information content (AvgIpc) is 2.56. The van der Waals surface area contributed by atoms with Gasteiger partial charge >= 0.3 is 0 Å². The standard InChI is InChI=1S/C18H17Br2NO2S/c1-21(2)18(24)23-17-15(19)10-13(11-16(17)20)8-7-12-5-4-6-14(9-12)22-3/h4-11H,1-3H3/b8-7-. The van der Waals surface area contributed by atoms with Crippen LogP contribution in [-0.4, -0.2) is 31.3 Å². The van der Waals surface area contributed by atoms with Crippen molar-refractivity contribution in [1.29, 1.82) is 0 Å². The Kier molecular flexibility index (Phi) is 6.83. The molecule has 0 aliphatic rings. The molecule has 3 nitrogen and oxygen atoms in total. The van der Waals surface area contributed by atoms with Crippen molar-refractivity contribution in [2.24, 2.45) is 0 Å². The number of nitrogens with zero attached hydrogens (tertiary/aromatic N) is 1. The van der Waals surface area contributed by atoms with Gasteiger partial charge in [0.1, 0.15) is 5.75 Å². The van der Waals surface area contributed by atoms with Gasteiger partial charge in [-0.1, -0.05) is 24.3 Å². The largest absolute Gasteiger partial charge is 0.497 e. The number of thiocarbonyl (C=S) groups is 1. The molecule has 0 aromatic heterocycles. The maximum atomic E-state index is 5.71. The summed E-state index contributed by atoms with van der Waals surface area (Å²) < 4.78 is 12.6. The zero-order chi connectivity index (χ0) is 17.7. The van der Waals surface area contributed by atoms with E-state index in [9.17, 15) is 0 Å². The predicted molar refractivity (Wildman–Crippen MR) is 111 cm³/mol. The highest BCUT2D eigenvalue weighted by atomic mass is 79.9. The van der Waals surface area contributed by atoms with Crippen LogP contribution >= 0.6 is 44.1 Å². The predicted octanol–water partition coefficient (Wildman–Crippen LogP) is 5.62. The molecule has 0 aliphatic heterocycles. The van der Waals surface area contributed by atoms with Gasteiger partial charge in [-0.25, -0.2) is 0 Å². The van der Waals surface area contributed by atoms with Crippen LogP contribution in [0.2, 0.25) is 0 Å². The number of hydrogen-bond acceptors (Lipinski definition) is 3. The highest BCUT2D eigenvalue weighted by Gasteiger charge is 2.11. The lowest BCUT2D eigenvalue weighted by molar-refractivity contribution is 0.414. The molecule has 2 aromatic carbocycles. The first-order valence-electron chi connectivity index (χ1n) is 7.11. The van der Waals surface area contributed by atoms with Crippen LogP contribution in [0.5, 0.6) is 11.5 Å². The maximum Gasteiger partial charge on any atom is 0.264 e. The SMILES string of the molecule is COc1cccc(/C=C\c2cc(Br)c(OC(=S)N(C)C)c(Br)c2)c1. The first-order chi connectivity index (χ1) is 11.4. The second kappa shape index (κ2) is 8.65. The number of methoxy groups -OCH3 is 1. The summed E-state index contributed by atoms with van der Waals surface area (Å²) in [6.45, 7) is 0. The van der Waals surface area contributed by atoms with Crippen molar-refractivity contribution in [1.82, 2.24) is 4.90 Å². The van der Waals surface area contributed by atoms with E-state index in [1.165, 1.54) is 0 Å². The summed E-state index contributed by atoms with van der Waals surface area (Å²) in [4.78, 5) is 1.74. The molecule has 0 aliphatic carbocycles. The normalized spacial score (nSPS) is 10.7. The lowest BCUT2D eigenvalue weighted by Crippen LogP contribution is -2.25. The van der Waals surface area contributed by atoms with Crippen LogP contribution in [0.15, 0.2) is 45.3 Å². The van der Waals surface area contributed by atoms with Crippen LogP contribution in [0.1, 0.15) is 11.1 Å². The molecule has 0 N–H and O–H groups in total. The van der Waals surface area contributed by atoms with E-state index in [0.717, 1.165) is 25.8 Å². The lowest BCUT2D eigenvalue weighted by Gasteiger charge is -2.16. The molecular formula is C18H17Br2NO2S. The summed E-state index contributed by atoms with van der Waals surface area (Å²) in [5.74, 6) is 1.49. The zero-order valence-corrected chi connectivity index (χ0v) is 17.5. The van der Waals surface area contributed by atoms with E-state index >= 15 is 0 Å². The molecule has 2 rings (SSSR count). The smallest absolute Gasteiger partial charge is 0.264 e. The van der Waals surface area contributed by atoms with Crippen molar-refractivity contribution in [3.05, 3.63) is 56.5 Å². The fourth-order valence-corrected chi connectivity index (χ4v) is 3.36. The van der Waals surface area contributed by atoms with Gasteiger partial charge in [-0.05, 0) is 79.5 Å². The van der Waals surface area contributed by atoms with E-state index in [1.54, 1.807) is 12.0 Å². The van der Waals surface area contributed by atoms with E-state index in [1.807, 2.05) is 62.6 Å². The number of hydrogen-bond donors (Lipinski definition) is 0. The van der Waals surface area contributed by atoms with Gasteiger partial charge in [0, 0.05) is 14.1 Å². The molecular weight excluding hydrogens is 454 g/mol. The molecule has 0 bridgehead atoms. The summed E-state index contributed by atoms with van der Waals surface area (Å²) in [6, 6.07) is 11.8. The monoisotopic (exact) mass is 469 g/mol. The first-order valence-corrected chi connectivity index (χ1v) is 9.10. The number of ether oxygens (including phenoxy) is 2. The van der Waals surface area contributed by atoms with Crippen molar-refractivity contribution >= 4 is 61.4 Å². The van der Waals surface area contributed by atoms with E-state index < -0.39 is 0 Å². The van der Waals surface area contributed by atoms with Crippen molar-refractivity contribution in [2.75, 3.05) is 21.2 Å². The molecule has 24 heavy (non-hydrogen) atoms. The van der Waals surface area contributed by atoms with Gasteiger partial charge in [0.05, 0.1) is 16.1 Å². The van der Waals surface area contributed by atoms with Crippen molar-refractivity contribution in [2.45, 2.75) is 0 Å².